The van der Waals surface area contributed by atoms with Crippen LogP contribution in [0.1, 0.15) is 5.56 Å². The van der Waals surface area contributed by atoms with Gasteiger partial charge in [0.15, 0.2) is 0 Å². The van der Waals surface area contributed by atoms with Gasteiger partial charge in [-0.3, -0.25) is 10.1 Å². The van der Waals surface area contributed by atoms with Gasteiger partial charge in [-0.1, -0.05) is 29.8 Å². The van der Waals surface area contributed by atoms with E-state index >= 15 is 0 Å². The van der Waals surface area contributed by atoms with Crippen molar-refractivity contribution in [2.45, 2.75) is 0 Å². The van der Waals surface area contributed by atoms with E-state index in [1.807, 2.05) is 0 Å². The minimum absolute atomic E-state index is 0.113. The lowest BCUT2D eigenvalue weighted by atomic mass is 10.1. The summed E-state index contributed by atoms with van der Waals surface area (Å²) < 4.78 is 0. The molecule has 0 saturated heterocycles. The van der Waals surface area contributed by atoms with E-state index in [-0.39, 0.29) is 11.5 Å². The molecule has 2 rings (SSSR count). The lowest BCUT2D eigenvalue weighted by molar-refractivity contribution is -0.384. The molecule has 0 aliphatic heterocycles. The molecular weight excluding hydrogens is 242 g/mol. The van der Waals surface area contributed by atoms with Crippen molar-refractivity contribution in [2.75, 3.05) is 5.73 Å². The van der Waals surface area contributed by atoms with E-state index in [0.717, 1.165) is 0 Å². The predicted molar refractivity (Wildman–Crippen MR) is 67.7 cm³/mol. The quantitative estimate of drug-likeness (QED) is 0.655. The first kappa shape index (κ1) is 11.3. The second-order valence-electron chi connectivity index (χ2n) is 3.33. The second-order valence-corrected chi connectivity index (χ2v) is 3.58. The van der Waals surface area contributed by atoms with Gasteiger partial charge in [0.05, 0.1) is 16.0 Å². The SMILES string of the molecule is Nc1nc2ccccc2c(/C=C/Cl)c1[N+](=O)[O-]. The summed E-state index contributed by atoms with van der Waals surface area (Å²) in [6.07, 6.45) is 1.44. The molecule has 1 heterocycles. The molecule has 5 nitrogen and oxygen atoms in total. The topological polar surface area (TPSA) is 82.0 Å². The molecule has 86 valence electrons. The van der Waals surface area contributed by atoms with Crippen molar-refractivity contribution in [3.8, 4) is 0 Å². The smallest absolute Gasteiger partial charge is 0.318 e. The van der Waals surface area contributed by atoms with Gasteiger partial charge >= 0.3 is 5.69 Å². The molecule has 0 bridgehead atoms. The average Bonchev–Trinajstić information content (AvgIpc) is 2.28. The number of para-hydroxylation sites is 1. The summed E-state index contributed by atoms with van der Waals surface area (Å²) in [5.41, 5.74) is 7.55. The molecule has 0 atom stereocenters. The van der Waals surface area contributed by atoms with Crippen LogP contribution >= 0.6 is 11.6 Å². The molecule has 2 N–H and O–H groups in total. The van der Waals surface area contributed by atoms with Gasteiger partial charge in [-0.05, 0) is 12.1 Å². The molecule has 0 spiro atoms. The minimum Gasteiger partial charge on any atom is -0.378 e. The number of nitro groups is 1. The number of fused-ring (bicyclic) bond motifs is 1. The number of rotatable bonds is 2. The average molecular weight is 250 g/mol. The van der Waals surface area contributed by atoms with Crippen LogP contribution in [0.25, 0.3) is 17.0 Å². The lowest BCUT2D eigenvalue weighted by Gasteiger charge is -2.05. The zero-order valence-corrected chi connectivity index (χ0v) is 9.39. The van der Waals surface area contributed by atoms with Gasteiger partial charge in [-0.15, -0.1) is 0 Å². The van der Waals surface area contributed by atoms with Crippen LogP contribution in [0.5, 0.6) is 0 Å². The molecule has 1 aromatic carbocycles. The number of nitrogens with zero attached hydrogens (tertiary/aromatic N) is 2. The van der Waals surface area contributed by atoms with Gasteiger partial charge in [0.1, 0.15) is 0 Å². The van der Waals surface area contributed by atoms with Gasteiger partial charge in [-0.25, -0.2) is 4.98 Å². The Labute approximate surface area is 102 Å². The number of benzene rings is 1. The van der Waals surface area contributed by atoms with Crippen LogP contribution in [0.4, 0.5) is 11.5 Å². The number of pyridine rings is 1. The van der Waals surface area contributed by atoms with Crippen molar-refractivity contribution in [1.29, 1.82) is 0 Å². The maximum atomic E-state index is 11.0. The number of anilines is 1. The summed E-state index contributed by atoms with van der Waals surface area (Å²) in [5.74, 6) is -0.113. The molecule has 1 aromatic heterocycles. The molecule has 17 heavy (non-hydrogen) atoms. The molecular formula is C11H8ClN3O2. The first-order chi connectivity index (χ1) is 8.15. The first-order valence-corrected chi connectivity index (χ1v) is 5.18. The molecule has 0 amide bonds. The van der Waals surface area contributed by atoms with Crippen molar-refractivity contribution in [3.63, 3.8) is 0 Å². The van der Waals surface area contributed by atoms with E-state index < -0.39 is 4.92 Å². The summed E-state index contributed by atoms with van der Waals surface area (Å²) in [7, 11) is 0. The summed E-state index contributed by atoms with van der Waals surface area (Å²) in [6.45, 7) is 0. The monoisotopic (exact) mass is 249 g/mol. The Morgan fingerprint density at radius 2 is 2.12 bits per heavy atom. The van der Waals surface area contributed by atoms with Crippen LogP contribution in [0.15, 0.2) is 29.8 Å². The largest absolute Gasteiger partial charge is 0.378 e. The third-order valence-corrected chi connectivity index (χ3v) is 2.47. The molecule has 0 saturated carbocycles. The lowest BCUT2D eigenvalue weighted by Crippen LogP contribution is -2.01. The van der Waals surface area contributed by atoms with E-state index in [1.54, 1.807) is 24.3 Å². The molecule has 0 aliphatic rings. The van der Waals surface area contributed by atoms with Crippen molar-refractivity contribution in [3.05, 3.63) is 45.5 Å². The Morgan fingerprint density at radius 1 is 1.41 bits per heavy atom. The maximum Gasteiger partial charge on any atom is 0.318 e. The third-order valence-electron chi connectivity index (χ3n) is 2.35. The number of nitrogens with two attached hydrogens (primary N) is 1. The highest BCUT2D eigenvalue weighted by atomic mass is 35.5. The summed E-state index contributed by atoms with van der Waals surface area (Å²) in [5, 5.41) is 11.6. The zero-order chi connectivity index (χ0) is 12.4. The highest BCUT2D eigenvalue weighted by Gasteiger charge is 2.20. The summed E-state index contributed by atoms with van der Waals surface area (Å²) >= 11 is 5.50. The number of halogens is 1. The predicted octanol–water partition coefficient (Wildman–Crippen LogP) is 2.93. The maximum absolute atomic E-state index is 11.0. The van der Waals surface area contributed by atoms with Crippen molar-refractivity contribution >= 4 is 40.1 Å². The van der Waals surface area contributed by atoms with Crippen molar-refractivity contribution in [1.82, 2.24) is 4.98 Å². The minimum atomic E-state index is -0.555. The summed E-state index contributed by atoms with van der Waals surface area (Å²) in [4.78, 5) is 14.4. The van der Waals surface area contributed by atoms with Gasteiger partial charge in [0.2, 0.25) is 5.82 Å². The molecule has 6 heteroatoms. The molecule has 0 radical (unpaired) electrons. The number of hydrogen-bond donors (Lipinski definition) is 1. The first-order valence-electron chi connectivity index (χ1n) is 4.74. The Hall–Kier alpha value is -2.14. The van der Waals surface area contributed by atoms with Crippen LogP contribution in [0.3, 0.4) is 0 Å². The van der Waals surface area contributed by atoms with E-state index in [9.17, 15) is 10.1 Å². The van der Waals surface area contributed by atoms with Crippen LogP contribution in [0.2, 0.25) is 0 Å². The normalized spacial score (nSPS) is 11.1. The van der Waals surface area contributed by atoms with Gasteiger partial charge < -0.3 is 5.73 Å². The highest BCUT2D eigenvalue weighted by molar-refractivity contribution is 6.27. The van der Waals surface area contributed by atoms with Crippen LogP contribution in [0, 0.1) is 10.1 Å². The zero-order valence-electron chi connectivity index (χ0n) is 8.63. The van der Waals surface area contributed by atoms with Crippen LogP contribution < -0.4 is 5.73 Å². The Kier molecular flexibility index (Phi) is 2.93. The van der Waals surface area contributed by atoms with E-state index in [4.69, 9.17) is 17.3 Å². The van der Waals surface area contributed by atoms with Gasteiger partial charge in [0, 0.05) is 10.9 Å². The van der Waals surface area contributed by atoms with Crippen LogP contribution in [-0.4, -0.2) is 9.91 Å². The Morgan fingerprint density at radius 3 is 2.76 bits per heavy atom. The van der Waals surface area contributed by atoms with E-state index in [1.165, 1.54) is 11.6 Å². The Balaban J connectivity index is 2.93. The van der Waals surface area contributed by atoms with Crippen molar-refractivity contribution < 1.29 is 4.92 Å². The Bertz CT molecular complexity index is 625. The molecule has 0 unspecified atom stereocenters. The highest BCUT2D eigenvalue weighted by Crippen LogP contribution is 2.32. The third kappa shape index (κ3) is 1.92. The standard InChI is InChI=1S/C11H8ClN3O2/c12-6-5-8-7-3-1-2-4-9(7)14-11(13)10(8)15(16)17/h1-6H,(H2,13,14)/b6-5+. The second kappa shape index (κ2) is 4.39. The van der Waals surface area contributed by atoms with Gasteiger partial charge in [0.25, 0.3) is 0 Å². The molecule has 0 aliphatic carbocycles. The number of hydrogen-bond acceptors (Lipinski definition) is 4. The summed E-state index contributed by atoms with van der Waals surface area (Å²) in [6, 6.07) is 7.03. The van der Waals surface area contributed by atoms with Crippen LogP contribution in [-0.2, 0) is 0 Å². The number of aromatic nitrogens is 1. The van der Waals surface area contributed by atoms with Gasteiger partial charge in [-0.2, -0.15) is 0 Å². The fraction of sp³-hybridized carbons (Fsp3) is 0. The van der Waals surface area contributed by atoms with E-state index in [2.05, 4.69) is 4.98 Å². The van der Waals surface area contributed by atoms with E-state index in [0.29, 0.717) is 16.5 Å². The van der Waals surface area contributed by atoms with Crippen molar-refractivity contribution in [2.24, 2.45) is 0 Å². The number of nitrogen functional groups attached to an aromatic ring is 1. The fourth-order valence-electron chi connectivity index (χ4n) is 1.67. The molecule has 0 fully saturated rings. The molecule has 2 aromatic rings. The fourth-order valence-corrected chi connectivity index (χ4v) is 1.80.